The standard InChI is InChI=1S/C20H18Br2N4O3S2/c1-11(27)23-19(30)24-14-4-6-15(7-5-14)25-20(31)26-17(28)8-3-12-9-13(21)10-16(22)18(12)29-2/h3-10H,1-2H3,(H2,23,24,27,30)(H2,25,26,28,31)/b8-3+. The summed E-state index contributed by atoms with van der Waals surface area (Å²) in [6.45, 7) is 1.37. The van der Waals surface area contributed by atoms with Crippen LogP contribution in [0.15, 0.2) is 51.4 Å². The minimum absolute atomic E-state index is 0.145. The first-order chi connectivity index (χ1) is 14.7. The van der Waals surface area contributed by atoms with Gasteiger partial charge < -0.3 is 20.7 Å². The van der Waals surface area contributed by atoms with E-state index in [9.17, 15) is 9.59 Å². The minimum atomic E-state index is -0.394. The molecule has 31 heavy (non-hydrogen) atoms. The van der Waals surface area contributed by atoms with Crippen molar-refractivity contribution < 1.29 is 14.3 Å². The Bertz CT molecular complexity index is 1040. The van der Waals surface area contributed by atoms with Crippen LogP contribution in [0.5, 0.6) is 5.75 Å². The van der Waals surface area contributed by atoms with Crippen molar-refractivity contribution in [1.82, 2.24) is 10.6 Å². The molecule has 0 aliphatic rings. The van der Waals surface area contributed by atoms with Crippen LogP contribution in [-0.2, 0) is 9.59 Å². The highest BCUT2D eigenvalue weighted by Gasteiger charge is 2.08. The maximum atomic E-state index is 12.2. The van der Waals surface area contributed by atoms with E-state index in [1.807, 2.05) is 12.1 Å². The van der Waals surface area contributed by atoms with Crippen LogP contribution in [0.1, 0.15) is 12.5 Å². The zero-order valence-electron chi connectivity index (χ0n) is 16.4. The third-order valence-electron chi connectivity index (χ3n) is 3.58. The van der Waals surface area contributed by atoms with E-state index in [1.54, 1.807) is 37.5 Å². The molecule has 0 heterocycles. The molecule has 0 radical (unpaired) electrons. The van der Waals surface area contributed by atoms with Gasteiger partial charge in [-0.1, -0.05) is 15.9 Å². The van der Waals surface area contributed by atoms with E-state index >= 15 is 0 Å². The molecular formula is C20H18Br2N4O3S2. The molecular weight excluding hydrogens is 568 g/mol. The molecule has 0 saturated heterocycles. The first-order valence-corrected chi connectivity index (χ1v) is 11.1. The van der Waals surface area contributed by atoms with Gasteiger partial charge in [-0.2, -0.15) is 0 Å². The lowest BCUT2D eigenvalue weighted by Crippen LogP contribution is -2.33. The van der Waals surface area contributed by atoms with Gasteiger partial charge in [0.15, 0.2) is 10.2 Å². The Kier molecular flexibility index (Phi) is 9.56. The van der Waals surface area contributed by atoms with Gasteiger partial charge in [-0.25, -0.2) is 0 Å². The second kappa shape index (κ2) is 11.9. The Morgan fingerprint density at radius 1 is 0.968 bits per heavy atom. The van der Waals surface area contributed by atoms with E-state index in [0.717, 1.165) is 14.5 Å². The van der Waals surface area contributed by atoms with Gasteiger partial charge in [-0.05, 0) is 82.8 Å². The van der Waals surface area contributed by atoms with Crippen LogP contribution in [-0.4, -0.2) is 29.1 Å². The molecule has 4 N–H and O–H groups in total. The van der Waals surface area contributed by atoms with Crippen molar-refractivity contribution in [2.45, 2.75) is 6.92 Å². The predicted molar refractivity (Wildman–Crippen MR) is 138 cm³/mol. The summed E-state index contributed by atoms with van der Waals surface area (Å²) >= 11 is 17.0. The second-order valence-electron chi connectivity index (χ2n) is 6.00. The quantitative estimate of drug-likeness (QED) is 0.302. The van der Waals surface area contributed by atoms with E-state index in [2.05, 4.69) is 53.1 Å². The summed E-state index contributed by atoms with van der Waals surface area (Å²) in [5.41, 5.74) is 2.08. The number of ether oxygens (including phenoxy) is 1. The molecule has 2 rings (SSSR count). The van der Waals surface area contributed by atoms with Crippen molar-refractivity contribution in [2.24, 2.45) is 0 Å². The first kappa shape index (κ1) is 24.9. The molecule has 0 aliphatic heterocycles. The molecule has 2 aromatic rings. The Hall–Kier alpha value is -2.34. The number of benzene rings is 2. The number of hydrogen-bond donors (Lipinski definition) is 4. The topological polar surface area (TPSA) is 91.5 Å². The molecule has 0 aliphatic carbocycles. The number of halogens is 2. The van der Waals surface area contributed by atoms with Gasteiger partial charge in [0.2, 0.25) is 11.8 Å². The molecule has 0 fully saturated rings. The molecule has 2 amide bonds. The van der Waals surface area contributed by atoms with Crippen molar-refractivity contribution >= 4 is 95.8 Å². The predicted octanol–water partition coefficient (Wildman–Crippen LogP) is 4.58. The summed E-state index contributed by atoms with van der Waals surface area (Å²) in [7, 11) is 1.55. The van der Waals surface area contributed by atoms with Crippen LogP contribution in [0, 0.1) is 0 Å². The van der Waals surface area contributed by atoms with E-state index in [1.165, 1.54) is 13.0 Å². The van der Waals surface area contributed by atoms with Crippen molar-refractivity contribution in [3.05, 3.63) is 57.0 Å². The highest BCUT2D eigenvalue weighted by atomic mass is 79.9. The van der Waals surface area contributed by atoms with Crippen molar-refractivity contribution in [3.63, 3.8) is 0 Å². The summed E-state index contributed by atoms with van der Waals surface area (Å²) in [6, 6.07) is 10.7. The number of carbonyl (C=O) groups is 2. The van der Waals surface area contributed by atoms with Crippen LogP contribution in [0.3, 0.4) is 0 Å². The highest BCUT2D eigenvalue weighted by molar-refractivity contribution is 9.11. The molecule has 2 aromatic carbocycles. The number of anilines is 2. The lowest BCUT2D eigenvalue weighted by Gasteiger charge is -2.11. The third-order valence-corrected chi connectivity index (χ3v) is 5.04. The number of amides is 2. The molecule has 162 valence electrons. The van der Waals surface area contributed by atoms with E-state index in [0.29, 0.717) is 17.1 Å². The van der Waals surface area contributed by atoms with Crippen LogP contribution in [0.25, 0.3) is 6.08 Å². The fourth-order valence-corrected chi connectivity index (χ4v) is 4.26. The zero-order chi connectivity index (χ0) is 23.0. The molecule has 0 spiro atoms. The van der Waals surface area contributed by atoms with E-state index in [-0.39, 0.29) is 16.1 Å². The summed E-state index contributed by atoms with van der Waals surface area (Å²) in [5.74, 6) is -0.0360. The summed E-state index contributed by atoms with van der Waals surface area (Å²) in [5, 5.41) is 11.2. The van der Waals surface area contributed by atoms with Crippen molar-refractivity contribution in [1.29, 1.82) is 0 Å². The molecule has 7 nitrogen and oxygen atoms in total. The first-order valence-electron chi connectivity index (χ1n) is 8.69. The molecule has 0 bridgehead atoms. The Morgan fingerprint density at radius 3 is 2.03 bits per heavy atom. The number of methoxy groups -OCH3 is 1. The number of nitrogens with one attached hydrogen (secondary N) is 4. The minimum Gasteiger partial charge on any atom is -0.495 e. The SMILES string of the molecule is COc1c(Br)cc(Br)cc1/C=C/C(=O)NC(=S)Nc1ccc(NC(=S)NC(C)=O)cc1. The summed E-state index contributed by atoms with van der Waals surface area (Å²) in [6.07, 6.45) is 2.99. The highest BCUT2D eigenvalue weighted by Crippen LogP contribution is 2.33. The normalized spacial score (nSPS) is 10.3. The van der Waals surface area contributed by atoms with Gasteiger partial charge in [0.05, 0.1) is 11.6 Å². The van der Waals surface area contributed by atoms with Crippen LogP contribution in [0.2, 0.25) is 0 Å². The average molecular weight is 586 g/mol. The van der Waals surface area contributed by atoms with Gasteiger partial charge in [0.1, 0.15) is 5.75 Å². The van der Waals surface area contributed by atoms with Crippen LogP contribution >= 0.6 is 56.3 Å². The van der Waals surface area contributed by atoms with Gasteiger partial charge in [-0.15, -0.1) is 0 Å². The Balaban J connectivity index is 1.92. The average Bonchev–Trinajstić information content (AvgIpc) is 2.66. The lowest BCUT2D eigenvalue weighted by molar-refractivity contribution is -0.117. The third kappa shape index (κ3) is 8.37. The monoisotopic (exact) mass is 584 g/mol. The van der Waals surface area contributed by atoms with Gasteiger partial charge in [-0.3, -0.25) is 14.9 Å². The van der Waals surface area contributed by atoms with Crippen molar-refractivity contribution in [3.8, 4) is 5.75 Å². The lowest BCUT2D eigenvalue weighted by atomic mass is 10.2. The van der Waals surface area contributed by atoms with Gasteiger partial charge in [0, 0.05) is 34.4 Å². The van der Waals surface area contributed by atoms with Crippen LogP contribution < -0.4 is 26.0 Å². The fourth-order valence-electron chi connectivity index (χ4n) is 2.36. The Labute approximate surface area is 207 Å². The number of hydrogen-bond acceptors (Lipinski definition) is 5. The zero-order valence-corrected chi connectivity index (χ0v) is 21.2. The largest absolute Gasteiger partial charge is 0.495 e. The molecule has 11 heteroatoms. The smallest absolute Gasteiger partial charge is 0.250 e. The van der Waals surface area contributed by atoms with E-state index < -0.39 is 5.91 Å². The summed E-state index contributed by atoms with van der Waals surface area (Å²) in [4.78, 5) is 23.2. The van der Waals surface area contributed by atoms with Crippen LogP contribution in [0.4, 0.5) is 11.4 Å². The number of rotatable bonds is 5. The maximum absolute atomic E-state index is 12.2. The molecule has 0 unspecified atom stereocenters. The molecule has 0 saturated carbocycles. The summed E-state index contributed by atoms with van der Waals surface area (Å²) < 4.78 is 6.96. The Morgan fingerprint density at radius 2 is 1.52 bits per heavy atom. The molecule has 0 aromatic heterocycles. The maximum Gasteiger partial charge on any atom is 0.250 e. The van der Waals surface area contributed by atoms with Gasteiger partial charge >= 0.3 is 0 Å². The number of thiocarbonyl (C=S) groups is 2. The number of carbonyl (C=O) groups excluding carboxylic acids is 2. The van der Waals surface area contributed by atoms with Crippen molar-refractivity contribution in [2.75, 3.05) is 17.7 Å². The van der Waals surface area contributed by atoms with E-state index in [4.69, 9.17) is 29.2 Å². The van der Waals surface area contributed by atoms with Gasteiger partial charge in [0.25, 0.3) is 0 Å². The molecule has 0 atom stereocenters. The second-order valence-corrected chi connectivity index (χ2v) is 8.59. The fraction of sp³-hybridized carbons (Fsp3) is 0.100.